The standard InChI is InChI=1S/C33H43Cl2N3O4/c1-6-27(21-8-10-22(11-9-21)30(40)36-17-14-28(39)42-5)38-31(41)29(23-18-25(34)20-26(35)19-23)37-33(38)15-12-24(13-16-33)32(3,4)7-2/h8-11,18-20,24,27,29,37H,6-7,12-17H2,1-5H3,(H,36,40)/t24?,27-,29?,33?/m1/s1. The molecule has 0 radical (unpaired) electrons. The molecule has 228 valence electrons. The van der Waals surface area contributed by atoms with Gasteiger partial charge in [0.15, 0.2) is 0 Å². The molecule has 2 aliphatic rings. The molecule has 1 heterocycles. The lowest BCUT2D eigenvalue weighted by atomic mass is 9.67. The number of amides is 2. The van der Waals surface area contributed by atoms with Crippen molar-refractivity contribution < 1.29 is 19.1 Å². The first-order chi connectivity index (χ1) is 19.9. The SMILES string of the molecule is CC[C@H](c1ccc(C(=O)NCCC(=O)OC)cc1)N1C(=O)C(c2cc(Cl)cc(Cl)c2)NC12CCC(C(C)(C)CC)CC2. The molecule has 1 aliphatic heterocycles. The van der Waals surface area contributed by atoms with Crippen molar-refractivity contribution in [1.29, 1.82) is 0 Å². The number of rotatable bonds is 10. The molecule has 2 aromatic carbocycles. The molecule has 1 saturated carbocycles. The van der Waals surface area contributed by atoms with Gasteiger partial charge in [-0.15, -0.1) is 0 Å². The van der Waals surface area contributed by atoms with Gasteiger partial charge in [0.2, 0.25) is 5.91 Å². The third kappa shape index (κ3) is 6.79. The van der Waals surface area contributed by atoms with E-state index in [-0.39, 0.29) is 42.2 Å². The van der Waals surface area contributed by atoms with E-state index in [4.69, 9.17) is 23.2 Å². The van der Waals surface area contributed by atoms with E-state index < -0.39 is 11.7 Å². The zero-order valence-corrected chi connectivity index (χ0v) is 26.8. The van der Waals surface area contributed by atoms with E-state index in [0.29, 0.717) is 27.9 Å². The molecule has 42 heavy (non-hydrogen) atoms. The monoisotopic (exact) mass is 615 g/mol. The van der Waals surface area contributed by atoms with E-state index >= 15 is 0 Å². The van der Waals surface area contributed by atoms with Gasteiger partial charge in [0.1, 0.15) is 6.04 Å². The van der Waals surface area contributed by atoms with Crippen molar-refractivity contribution in [1.82, 2.24) is 15.5 Å². The first-order valence-electron chi connectivity index (χ1n) is 15.0. The van der Waals surface area contributed by atoms with Crippen LogP contribution in [0.4, 0.5) is 0 Å². The highest BCUT2D eigenvalue weighted by molar-refractivity contribution is 6.34. The van der Waals surface area contributed by atoms with Gasteiger partial charge in [0.25, 0.3) is 5.91 Å². The average molecular weight is 617 g/mol. The topological polar surface area (TPSA) is 87.7 Å². The fraction of sp³-hybridized carbons (Fsp3) is 0.545. The molecule has 1 saturated heterocycles. The fourth-order valence-corrected chi connectivity index (χ4v) is 7.17. The molecule has 0 aromatic heterocycles. The number of carbonyl (C=O) groups excluding carboxylic acids is 3. The summed E-state index contributed by atoms with van der Waals surface area (Å²) >= 11 is 12.7. The average Bonchev–Trinajstić information content (AvgIpc) is 3.24. The third-order valence-electron chi connectivity index (χ3n) is 9.50. The van der Waals surface area contributed by atoms with Gasteiger partial charge in [-0.3, -0.25) is 19.7 Å². The van der Waals surface area contributed by atoms with Crippen LogP contribution >= 0.6 is 23.2 Å². The van der Waals surface area contributed by atoms with E-state index in [1.165, 1.54) is 7.11 Å². The van der Waals surface area contributed by atoms with Gasteiger partial charge in [0.05, 0.1) is 25.2 Å². The summed E-state index contributed by atoms with van der Waals surface area (Å²) in [7, 11) is 1.32. The van der Waals surface area contributed by atoms with Crippen LogP contribution in [-0.4, -0.2) is 42.0 Å². The number of carbonyl (C=O) groups is 3. The predicted octanol–water partition coefficient (Wildman–Crippen LogP) is 7.23. The minimum atomic E-state index is -0.550. The summed E-state index contributed by atoms with van der Waals surface area (Å²) in [5.41, 5.74) is 1.98. The zero-order valence-electron chi connectivity index (χ0n) is 25.3. The quantitative estimate of drug-likeness (QED) is 0.275. The Kier molecular flexibility index (Phi) is 10.3. The summed E-state index contributed by atoms with van der Waals surface area (Å²) < 4.78 is 4.63. The number of esters is 1. The normalized spacial score (nSPS) is 23.2. The first kappa shape index (κ1) is 32.3. The van der Waals surface area contributed by atoms with Crippen LogP contribution in [0.2, 0.25) is 10.0 Å². The minimum Gasteiger partial charge on any atom is -0.469 e. The van der Waals surface area contributed by atoms with E-state index in [1.807, 2.05) is 24.3 Å². The molecule has 1 aliphatic carbocycles. The lowest BCUT2D eigenvalue weighted by molar-refractivity contribution is -0.140. The molecule has 2 aromatic rings. The summed E-state index contributed by atoms with van der Waals surface area (Å²) in [5, 5.41) is 7.53. The largest absolute Gasteiger partial charge is 0.469 e. The highest BCUT2D eigenvalue weighted by atomic mass is 35.5. The number of nitrogens with zero attached hydrogens (tertiary/aromatic N) is 1. The van der Waals surface area contributed by atoms with Crippen LogP contribution in [-0.2, 0) is 14.3 Å². The van der Waals surface area contributed by atoms with Crippen molar-refractivity contribution in [2.45, 2.75) is 90.4 Å². The van der Waals surface area contributed by atoms with Crippen molar-refractivity contribution in [3.05, 3.63) is 69.2 Å². The van der Waals surface area contributed by atoms with Crippen molar-refractivity contribution in [3.8, 4) is 0 Å². The van der Waals surface area contributed by atoms with E-state index in [1.54, 1.807) is 18.2 Å². The van der Waals surface area contributed by atoms with Gasteiger partial charge in [-0.2, -0.15) is 0 Å². The lowest BCUT2D eigenvalue weighted by Gasteiger charge is -2.49. The highest BCUT2D eigenvalue weighted by Gasteiger charge is 2.55. The maximum Gasteiger partial charge on any atom is 0.307 e. The number of benzene rings is 2. The van der Waals surface area contributed by atoms with Crippen LogP contribution in [0.25, 0.3) is 0 Å². The number of ether oxygens (including phenoxy) is 1. The second-order valence-electron chi connectivity index (χ2n) is 12.3. The summed E-state index contributed by atoms with van der Waals surface area (Å²) in [5.74, 6) is -0.0369. The van der Waals surface area contributed by atoms with E-state index in [9.17, 15) is 14.4 Å². The Balaban J connectivity index is 1.63. The fourth-order valence-electron chi connectivity index (χ4n) is 6.63. The molecule has 1 spiro atoms. The van der Waals surface area contributed by atoms with E-state index in [0.717, 1.165) is 43.2 Å². The van der Waals surface area contributed by atoms with Crippen molar-refractivity contribution >= 4 is 41.0 Å². The molecule has 9 heteroatoms. The van der Waals surface area contributed by atoms with Crippen LogP contribution in [0.5, 0.6) is 0 Å². The molecular formula is C33H43Cl2N3O4. The number of hydrogen-bond acceptors (Lipinski definition) is 5. The van der Waals surface area contributed by atoms with Crippen molar-refractivity contribution in [2.24, 2.45) is 11.3 Å². The second-order valence-corrected chi connectivity index (χ2v) is 13.1. The summed E-state index contributed by atoms with van der Waals surface area (Å²) in [6.07, 6.45) is 5.71. The van der Waals surface area contributed by atoms with Gasteiger partial charge < -0.3 is 15.0 Å². The maximum absolute atomic E-state index is 14.4. The Labute approximate surface area is 259 Å². The highest BCUT2D eigenvalue weighted by Crippen LogP contribution is 2.50. The van der Waals surface area contributed by atoms with Crippen LogP contribution in [0.15, 0.2) is 42.5 Å². The number of nitrogens with one attached hydrogen (secondary N) is 2. The molecule has 2 atom stereocenters. The van der Waals surface area contributed by atoms with Gasteiger partial charge in [-0.05, 0) is 84.9 Å². The Morgan fingerprint density at radius 2 is 1.71 bits per heavy atom. The molecular weight excluding hydrogens is 573 g/mol. The Morgan fingerprint density at radius 3 is 2.26 bits per heavy atom. The second kappa shape index (κ2) is 13.4. The zero-order chi connectivity index (χ0) is 30.7. The molecule has 1 unspecified atom stereocenters. The molecule has 2 amide bonds. The van der Waals surface area contributed by atoms with Gasteiger partial charge >= 0.3 is 5.97 Å². The lowest BCUT2D eigenvalue weighted by Crippen LogP contribution is -2.56. The molecule has 2 N–H and O–H groups in total. The van der Waals surface area contributed by atoms with Crippen LogP contribution in [0.1, 0.15) is 106 Å². The van der Waals surface area contributed by atoms with Crippen LogP contribution in [0, 0.1) is 11.3 Å². The first-order valence-corrected chi connectivity index (χ1v) is 15.7. The number of hydrogen-bond donors (Lipinski definition) is 2. The van der Waals surface area contributed by atoms with Gasteiger partial charge in [-0.25, -0.2) is 0 Å². The van der Waals surface area contributed by atoms with Crippen molar-refractivity contribution in [2.75, 3.05) is 13.7 Å². The molecule has 0 bridgehead atoms. The van der Waals surface area contributed by atoms with Crippen molar-refractivity contribution in [3.63, 3.8) is 0 Å². The molecule has 7 nitrogen and oxygen atoms in total. The molecule has 2 fully saturated rings. The maximum atomic E-state index is 14.4. The number of methoxy groups -OCH3 is 1. The summed E-state index contributed by atoms with van der Waals surface area (Å²) in [4.78, 5) is 40.5. The summed E-state index contributed by atoms with van der Waals surface area (Å²) in [6, 6.07) is 12.0. The summed E-state index contributed by atoms with van der Waals surface area (Å²) in [6.45, 7) is 9.24. The third-order valence-corrected chi connectivity index (χ3v) is 9.94. The van der Waals surface area contributed by atoms with Crippen LogP contribution < -0.4 is 10.6 Å². The Morgan fingerprint density at radius 1 is 1.10 bits per heavy atom. The Bertz CT molecular complexity index is 1270. The Hall–Kier alpha value is -2.61. The van der Waals surface area contributed by atoms with Crippen LogP contribution in [0.3, 0.4) is 0 Å². The molecule has 4 rings (SSSR count). The predicted molar refractivity (Wildman–Crippen MR) is 166 cm³/mol. The van der Waals surface area contributed by atoms with Gasteiger partial charge in [0, 0.05) is 22.2 Å². The smallest absolute Gasteiger partial charge is 0.307 e. The van der Waals surface area contributed by atoms with E-state index in [2.05, 4.69) is 48.0 Å². The minimum absolute atomic E-state index is 0.0121. The number of halogens is 2. The van der Waals surface area contributed by atoms with Gasteiger partial charge in [-0.1, -0.05) is 69.5 Å².